The molecule has 2 bridgehead atoms. The van der Waals surface area contributed by atoms with Gasteiger partial charge in [-0.2, -0.15) is 4.31 Å². The Kier molecular flexibility index (Phi) is 4.94. The normalized spacial score (nSPS) is 24.6. The van der Waals surface area contributed by atoms with Gasteiger partial charge in [-0.3, -0.25) is 0 Å². The standard InChI is InChI=1S/C17H24N2O4S/c1-3-23-17(20)13-5-4-12(2)16(10-13)24(21,22)19-9-8-14-6-7-15(11-19)18-14/h4-5,10,14-15,18H,3,6-9,11H2,1-2H3. The van der Waals surface area contributed by atoms with E-state index in [1.54, 1.807) is 30.3 Å². The van der Waals surface area contributed by atoms with Gasteiger partial charge in [0, 0.05) is 25.2 Å². The molecule has 0 spiro atoms. The van der Waals surface area contributed by atoms with Crippen LogP contribution in [0.15, 0.2) is 23.1 Å². The summed E-state index contributed by atoms with van der Waals surface area (Å²) in [7, 11) is -3.62. The van der Waals surface area contributed by atoms with Crippen LogP contribution in [0.25, 0.3) is 0 Å². The molecular weight excluding hydrogens is 328 g/mol. The summed E-state index contributed by atoms with van der Waals surface area (Å²) in [5, 5.41) is 3.49. The van der Waals surface area contributed by atoms with Crippen LogP contribution in [0.5, 0.6) is 0 Å². The number of hydrogen-bond acceptors (Lipinski definition) is 5. The Balaban J connectivity index is 1.91. The molecule has 2 fully saturated rings. The van der Waals surface area contributed by atoms with Gasteiger partial charge in [-0.1, -0.05) is 6.07 Å². The Morgan fingerprint density at radius 2 is 2.04 bits per heavy atom. The number of fused-ring (bicyclic) bond motifs is 2. The summed E-state index contributed by atoms with van der Waals surface area (Å²) < 4.78 is 32.8. The smallest absolute Gasteiger partial charge is 0.338 e. The second-order valence-corrected chi connectivity index (χ2v) is 8.40. The van der Waals surface area contributed by atoms with Crippen LogP contribution >= 0.6 is 0 Å². The molecule has 1 aromatic rings. The van der Waals surface area contributed by atoms with Crippen molar-refractivity contribution in [2.45, 2.75) is 50.1 Å². The number of carbonyl (C=O) groups excluding carboxylic acids is 1. The van der Waals surface area contributed by atoms with Crippen LogP contribution in [-0.4, -0.2) is 50.5 Å². The molecule has 24 heavy (non-hydrogen) atoms. The van der Waals surface area contributed by atoms with Gasteiger partial charge in [-0.15, -0.1) is 0 Å². The number of aryl methyl sites for hydroxylation is 1. The molecule has 2 unspecified atom stereocenters. The molecule has 2 saturated heterocycles. The first-order valence-electron chi connectivity index (χ1n) is 8.45. The number of carbonyl (C=O) groups is 1. The third kappa shape index (κ3) is 3.34. The molecule has 3 rings (SSSR count). The minimum Gasteiger partial charge on any atom is -0.462 e. The predicted molar refractivity (Wildman–Crippen MR) is 90.5 cm³/mol. The van der Waals surface area contributed by atoms with Gasteiger partial charge in [0.05, 0.1) is 17.1 Å². The van der Waals surface area contributed by atoms with Crippen LogP contribution in [0.1, 0.15) is 42.1 Å². The average molecular weight is 352 g/mol. The lowest BCUT2D eigenvalue weighted by Gasteiger charge is -2.24. The molecule has 2 heterocycles. The Bertz CT molecular complexity index is 732. The quantitative estimate of drug-likeness (QED) is 0.835. The molecule has 1 N–H and O–H groups in total. The van der Waals surface area contributed by atoms with Gasteiger partial charge >= 0.3 is 5.97 Å². The first kappa shape index (κ1) is 17.4. The number of hydrogen-bond donors (Lipinski definition) is 1. The SMILES string of the molecule is CCOC(=O)c1ccc(C)c(S(=O)(=O)N2CCC3CCC(C2)N3)c1. The zero-order chi connectivity index (χ0) is 17.3. The lowest BCUT2D eigenvalue weighted by atomic mass is 10.1. The van der Waals surface area contributed by atoms with Crippen LogP contribution in [0, 0.1) is 6.92 Å². The summed E-state index contributed by atoms with van der Waals surface area (Å²) >= 11 is 0. The maximum atomic E-state index is 13.1. The summed E-state index contributed by atoms with van der Waals surface area (Å²) in [5.74, 6) is -0.495. The van der Waals surface area contributed by atoms with E-state index in [2.05, 4.69) is 5.32 Å². The fourth-order valence-electron chi connectivity index (χ4n) is 3.49. The Hall–Kier alpha value is -1.44. The van der Waals surface area contributed by atoms with E-state index in [-0.39, 0.29) is 23.1 Å². The van der Waals surface area contributed by atoms with Crippen LogP contribution < -0.4 is 5.32 Å². The first-order valence-corrected chi connectivity index (χ1v) is 9.89. The molecule has 2 atom stereocenters. The summed E-state index contributed by atoms with van der Waals surface area (Å²) in [6.07, 6.45) is 2.96. The van der Waals surface area contributed by atoms with Crippen molar-refractivity contribution in [3.8, 4) is 0 Å². The van der Waals surface area contributed by atoms with Gasteiger partial charge in [0.1, 0.15) is 0 Å². The van der Waals surface area contributed by atoms with E-state index in [9.17, 15) is 13.2 Å². The van der Waals surface area contributed by atoms with Gasteiger partial charge < -0.3 is 10.1 Å². The van der Waals surface area contributed by atoms with Gasteiger partial charge in [0.15, 0.2) is 0 Å². The number of rotatable bonds is 4. The van der Waals surface area contributed by atoms with Crippen molar-refractivity contribution < 1.29 is 17.9 Å². The number of ether oxygens (including phenoxy) is 1. The maximum absolute atomic E-state index is 13.1. The van der Waals surface area contributed by atoms with Crippen molar-refractivity contribution in [3.63, 3.8) is 0 Å². The largest absolute Gasteiger partial charge is 0.462 e. The average Bonchev–Trinajstić information content (AvgIpc) is 2.86. The van der Waals surface area contributed by atoms with Crippen molar-refractivity contribution in [1.82, 2.24) is 9.62 Å². The van der Waals surface area contributed by atoms with Gasteiger partial charge in [0.25, 0.3) is 0 Å². The number of nitrogens with one attached hydrogen (secondary N) is 1. The minimum absolute atomic E-state index is 0.200. The third-order valence-corrected chi connectivity index (χ3v) is 6.81. The maximum Gasteiger partial charge on any atom is 0.338 e. The molecule has 7 heteroatoms. The summed E-state index contributed by atoms with van der Waals surface area (Å²) in [5.41, 5.74) is 0.918. The highest BCUT2D eigenvalue weighted by molar-refractivity contribution is 7.89. The third-order valence-electron chi connectivity index (χ3n) is 4.80. The monoisotopic (exact) mass is 352 g/mol. The molecule has 0 radical (unpaired) electrons. The summed E-state index contributed by atoms with van der Waals surface area (Å²) in [4.78, 5) is 12.1. The molecule has 1 aromatic carbocycles. The Morgan fingerprint density at radius 3 is 2.79 bits per heavy atom. The van der Waals surface area contributed by atoms with E-state index in [4.69, 9.17) is 4.74 Å². The lowest BCUT2D eigenvalue weighted by molar-refractivity contribution is 0.0526. The predicted octanol–water partition coefficient (Wildman–Crippen LogP) is 1.69. The molecule has 2 aliphatic rings. The lowest BCUT2D eigenvalue weighted by Crippen LogP contribution is -2.39. The van der Waals surface area contributed by atoms with Crippen molar-refractivity contribution in [1.29, 1.82) is 0 Å². The number of esters is 1. The van der Waals surface area contributed by atoms with Crippen LogP contribution in [0.2, 0.25) is 0 Å². The fourth-order valence-corrected chi connectivity index (χ4v) is 5.24. The zero-order valence-electron chi connectivity index (χ0n) is 14.1. The number of nitrogens with zero attached hydrogens (tertiary/aromatic N) is 1. The summed E-state index contributed by atoms with van der Waals surface area (Å²) in [6.45, 7) is 4.74. The van der Waals surface area contributed by atoms with Gasteiger partial charge in [-0.05, 0) is 50.8 Å². The Morgan fingerprint density at radius 1 is 1.29 bits per heavy atom. The molecule has 0 saturated carbocycles. The number of benzene rings is 1. The highest BCUT2D eigenvalue weighted by Crippen LogP contribution is 2.27. The van der Waals surface area contributed by atoms with Crippen LogP contribution in [0.3, 0.4) is 0 Å². The molecular formula is C17H24N2O4S. The molecule has 2 aliphatic heterocycles. The highest BCUT2D eigenvalue weighted by Gasteiger charge is 2.35. The van der Waals surface area contributed by atoms with E-state index in [0.717, 1.165) is 19.3 Å². The summed E-state index contributed by atoms with van der Waals surface area (Å²) in [6, 6.07) is 5.36. The van der Waals surface area contributed by atoms with Crippen molar-refractivity contribution in [2.24, 2.45) is 0 Å². The van der Waals surface area contributed by atoms with Crippen molar-refractivity contribution >= 4 is 16.0 Å². The van der Waals surface area contributed by atoms with E-state index >= 15 is 0 Å². The topological polar surface area (TPSA) is 75.7 Å². The molecule has 0 amide bonds. The molecule has 0 aliphatic carbocycles. The Labute approximate surface area is 143 Å². The molecule has 0 aromatic heterocycles. The van der Waals surface area contributed by atoms with Gasteiger partial charge in [0.2, 0.25) is 10.0 Å². The minimum atomic E-state index is -3.62. The second kappa shape index (κ2) is 6.82. The van der Waals surface area contributed by atoms with E-state index in [1.165, 1.54) is 6.07 Å². The van der Waals surface area contributed by atoms with Crippen LogP contribution in [-0.2, 0) is 14.8 Å². The van der Waals surface area contributed by atoms with Crippen LogP contribution in [0.4, 0.5) is 0 Å². The van der Waals surface area contributed by atoms with Gasteiger partial charge in [-0.25, -0.2) is 13.2 Å². The second-order valence-electron chi connectivity index (χ2n) is 6.49. The molecule has 6 nitrogen and oxygen atoms in total. The van der Waals surface area contributed by atoms with E-state index in [0.29, 0.717) is 24.7 Å². The first-order chi connectivity index (χ1) is 11.4. The van der Waals surface area contributed by atoms with Crippen molar-refractivity contribution in [3.05, 3.63) is 29.3 Å². The fraction of sp³-hybridized carbons (Fsp3) is 0.588. The number of sulfonamides is 1. The van der Waals surface area contributed by atoms with Crippen molar-refractivity contribution in [2.75, 3.05) is 19.7 Å². The highest BCUT2D eigenvalue weighted by atomic mass is 32.2. The molecule has 132 valence electrons. The van der Waals surface area contributed by atoms with E-state index < -0.39 is 16.0 Å². The zero-order valence-corrected chi connectivity index (χ0v) is 14.9. The van der Waals surface area contributed by atoms with E-state index in [1.807, 2.05) is 0 Å².